The number of hydrogen-bond donors (Lipinski definition) is 1. The highest BCUT2D eigenvalue weighted by atomic mass is 35.5. The Morgan fingerprint density at radius 3 is 2.38 bits per heavy atom. The van der Waals surface area contributed by atoms with Gasteiger partial charge < -0.3 is 29.0 Å². The Hall–Kier alpha value is -4.02. The zero-order valence-corrected chi connectivity index (χ0v) is 23.7. The maximum absolute atomic E-state index is 13.0. The average molecular weight is 591 g/mol. The van der Waals surface area contributed by atoms with E-state index in [0.717, 1.165) is 5.56 Å². The van der Waals surface area contributed by atoms with Gasteiger partial charge in [-0.15, -0.1) is 0 Å². The average Bonchev–Trinajstić information content (AvgIpc) is 2.92. The summed E-state index contributed by atoms with van der Waals surface area (Å²) in [5.41, 5.74) is 0.558. The van der Waals surface area contributed by atoms with Crippen LogP contribution in [0.1, 0.15) is 42.9 Å². The number of ether oxygens (including phenoxy) is 5. The van der Waals surface area contributed by atoms with Crippen molar-refractivity contribution >= 4 is 41.0 Å². The van der Waals surface area contributed by atoms with Crippen LogP contribution in [0.3, 0.4) is 0 Å². The number of halogens is 2. The third-order valence-corrected chi connectivity index (χ3v) is 6.00. The fraction of sp³-hybridized carbons (Fsp3) is 0.286. The maximum Gasteiger partial charge on any atom is 0.328 e. The minimum atomic E-state index is -1.08. The molecule has 0 unspecified atom stereocenters. The lowest BCUT2D eigenvalue weighted by atomic mass is 10.0. The third-order valence-electron chi connectivity index (χ3n) is 5.47. The maximum atomic E-state index is 13.0. The van der Waals surface area contributed by atoms with E-state index in [1.54, 1.807) is 25.1 Å². The Morgan fingerprint density at radius 2 is 1.73 bits per heavy atom. The topological polar surface area (TPSA) is 122 Å². The van der Waals surface area contributed by atoms with Gasteiger partial charge in [-0.05, 0) is 37.6 Å². The van der Waals surface area contributed by atoms with E-state index < -0.39 is 42.9 Å². The standard InChI is InChI=1S/C28H28Cl2N2O8/c1-16(32-27(34)24-26(38-15-37-18(3)33)23(36-4)12-13-31-24)28(35)39-17(2)25(19-8-6-5-7-9-19)40-22-11-10-20(29)14-21(22)30/h5-14,16-17,25H,15H2,1-4H3,(H,32,34)/t16-,17-,25-/m0/s1. The van der Waals surface area contributed by atoms with Gasteiger partial charge in [0.25, 0.3) is 5.91 Å². The Morgan fingerprint density at radius 1 is 1.00 bits per heavy atom. The monoisotopic (exact) mass is 590 g/mol. The number of amides is 1. The summed E-state index contributed by atoms with van der Waals surface area (Å²) in [6, 6.07) is 14.4. The van der Waals surface area contributed by atoms with Crippen LogP contribution in [0.2, 0.25) is 10.0 Å². The van der Waals surface area contributed by atoms with E-state index in [1.165, 1.54) is 33.2 Å². The Kier molecular flexibility index (Phi) is 11.0. The van der Waals surface area contributed by atoms with Gasteiger partial charge in [0.1, 0.15) is 17.9 Å². The van der Waals surface area contributed by atoms with E-state index in [9.17, 15) is 14.4 Å². The normalized spacial score (nSPS) is 12.8. The molecule has 1 aromatic heterocycles. The van der Waals surface area contributed by atoms with Crippen molar-refractivity contribution in [3.05, 3.63) is 82.1 Å². The summed E-state index contributed by atoms with van der Waals surface area (Å²) >= 11 is 12.3. The minimum absolute atomic E-state index is 0.0601. The molecule has 0 spiro atoms. The van der Waals surface area contributed by atoms with Crippen molar-refractivity contribution in [2.75, 3.05) is 13.9 Å². The first kappa shape index (κ1) is 30.5. The number of methoxy groups -OCH3 is 1. The molecule has 212 valence electrons. The predicted molar refractivity (Wildman–Crippen MR) is 147 cm³/mol. The molecule has 3 aromatic rings. The number of hydrogen-bond acceptors (Lipinski definition) is 9. The summed E-state index contributed by atoms with van der Waals surface area (Å²) in [5.74, 6) is -1.56. The van der Waals surface area contributed by atoms with Gasteiger partial charge in [-0.1, -0.05) is 53.5 Å². The molecule has 3 rings (SSSR count). The summed E-state index contributed by atoms with van der Waals surface area (Å²) in [6.45, 7) is 3.87. The number of nitrogens with one attached hydrogen (secondary N) is 1. The van der Waals surface area contributed by atoms with Gasteiger partial charge >= 0.3 is 11.9 Å². The molecule has 1 heterocycles. The molecule has 3 atom stereocenters. The zero-order valence-electron chi connectivity index (χ0n) is 22.2. The molecule has 0 saturated carbocycles. The van der Waals surface area contributed by atoms with Gasteiger partial charge in [0.15, 0.2) is 23.3 Å². The number of carbonyl (C=O) groups excluding carboxylic acids is 3. The van der Waals surface area contributed by atoms with Gasteiger partial charge in [0.2, 0.25) is 6.79 Å². The fourth-order valence-electron chi connectivity index (χ4n) is 3.52. The molecule has 0 radical (unpaired) electrons. The molecular weight excluding hydrogens is 563 g/mol. The van der Waals surface area contributed by atoms with Crippen LogP contribution in [0, 0.1) is 0 Å². The molecule has 0 saturated heterocycles. The molecule has 1 N–H and O–H groups in total. The van der Waals surface area contributed by atoms with Crippen LogP contribution in [0.5, 0.6) is 17.2 Å². The van der Waals surface area contributed by atoms with E-state index in [4.69, 9.17) is 46.9 Å². The Labute approximate surface area is 241 Å². The van der Waals surface area contributed by atoms with Crippen LogP contribution in [-0.4, -0.2) is 48.9 Å². The van der Waals surface area contributed by atoms with Crippen molar-refractivity contribution in [3.63, 3.8) is 0 Å². The van der Waals surface area contributed by atoms with Crippen molar-refractivity contribution < 1.29 is 38.1 Å². The fourth-order valence-corrected chi connectivity index (χ4v) is 3.97. The number of rotatable bonds is 12. The van der Waals surface area contributed by atoms with Crippen LogP contribution >= 0.6 is 23.2 Å². The molecular formula is C28H28Cl2N2O8. The van der Waals surface area contributed by atoms with Crippen molar-refractivity contribution in [1.82, 2.24) is 10.3 Å². The molecule has 0 fully saturated rings. The molecule has 40 heavy (non-hydrogen) atoms. The third kappa shape index (κ3) is 8.24. The molecule has 10 nitrogen and oxygen atoms in total. The summed E-state index contributed by atoms with van der Waals surface area (Å²) < 4.78 is 27.2. The molecule has 2 aromatic carbocycles. The highest BCUT2D eigenvalue weighted by Crippen LogP contribution is 2.34. The lowest BCUT2D eigenvalue weighted by Crippen LogP contribution is -2.42. The van der Waals surface area contributed by atoms with E-state index in [0.29, 0.717) is 15.8 Å². The van der Waals surface area contributed by atoms with E-state index in [-0.39, 0.29) is 17.2 Å². The molecule has 0 aliphatic rings. The molecule has 0 bridgehead atoms. The second-order valence-electron chi connectivity index (χ2n) is 8.45. The number of aromatic nitrogens is 1. The number of esters is 2. The van der Waals surface area contributed by atoms with Crippen molar-refractivity contribution in [1.29, 1.82) is 0 Å². The molecule has 0 aliphatic carbocycles. The van der Waals surface area contributed by atoms with Gasteiger partial charge in [0.05, 0.1) is 12.1 Å². The number of benzene rings is 2. The van der Waals surface area contributed by atoms with E-state index >= 15 is 0 Å². The highest BCUT2D eigenvalue weighted by molar-refractivity contribution is 6.35. The first-order chi connectivity index (χ1) is 19.1. The molecule has 1 amide bonds. The van der Waals surface area contributed by atoms with Crippen LogP contribution in [-0.2, 0) is 19.1 Å². The van der Waals surface area contributed by atoms with Crippen molar-refractivity contribution in [2.24, 2.45) is 0 Å². The Balaban J connectivity index is 1.73. The lowest BCUT2D eigenvalue weighted by molar-refractivity contribution is -0.155. The lowest BCUT2D eigenvalue weighted by Gasteiger charge is -2.27. The van der Waals surface area contributed by atoms with Crippen molar-refractivity contribution in [2.45, 2.75) is 39.0 Å². The SMILES string of the molecule is COc1ccnc(C(=O)N[C@@H](C)C(=O)O[C@@H](C)[C@H](Oc2ccc(Cl)cc2Cl)c2ccccc2)c1OCOC(C)=O. The summed E-state index contributed by atoms with van der Waals surface area (Å²) in [6.07, 6.45) is -0.187. The van der Waals surface area contributed by atoms with E-state index in [1.807, 2.05) is 30.3 Å². The number of nitrogens with zero attached hydrogens (tertiary/aromatic N) is 1. The summed E-state index contributed by atoms with van der Waals surface area (Å²) in [4.78, 5) is 41.1. The second kappa shape index (κ2) is 14.4. The van der Waals surface area contributed by atoms with Crippen LogP contribution in [0.25, 0.3) is 0 Å². The van der Waals surface area contributed by atoms with Crippen molar-refractivity contribution in [3.8, 4) is 17.2 Å². The van der Waals surface area contributed by atoms with E-state index in [2.05, 4.69) is 10.3 Å². The van der Waals surface area contributed by atoms with Gasteiger partial charge in [-0.25, -0.2) is 9.78 Å². The van der Waals surface area contributed by atoms with Crippen LogP contribution in [0.15, 0.2) is 60.8 Å². The first-order valence-electron chi connectivity index (χ1n) is 12.1. The highest BCUT2D eigenvalue weighted by Gasteiger charge is 2.29. The number of carbonyl (C=O) groups is 3. The second-order valence-corrected chi connectivity index (χ2v) is 9.29. The summed E-state index contributed by atoms with van der Waals surface area (Å²) in [5, 5.41) is 3.28. The molecule has 0 aliphatic heterocycles. The smallest absolute Gasteiger partial charge is 0.328 e. The van der Waals surface area contributed by atoms with Gasteiger partial charge in [-0.2, -0.15) is 0 Å². The first-order valence-corrected chi connectivity index (χ1v) is 12.8. The van der Waals surface area contributed by atoms with Crippen LogP contribution < -0.4 is 19.5 Å². The van der Waals surface area contributed by atoms with Gasteiger partial charge in [0, 0.05) is 24.2 Å². The van der Waals surface area contributed by atoms with Gasteiger partial charge in [-0.3, -0.25) is 9.59 Å². The quantitative estimate of drug-likeness (QED) is 0.225. The largest absolute Gasteiger partial charge is 0.493 e. The van der Waals surface area contributed by atoms with Crippen LogP contribution in [0.4, 0.5) is 0 Å². The zero-order chi connectivity index (χ0) is 29.2. The minimum Gasteiger partial charge on any atom is -0.493 e. The Bertz CT molecular complexity index is 1340. The summed E-state index contributed by atoms with van der Waals surface area (Å²) in [7, 11) is 1.37. The number of pyridine rings is 1. The predicted octanol–water partition coefficient (Wildman–Crippen LogP) is 5.17. The molecule has 12 heteroatoms.